The number of benzene rings is 1. The number of nitrogens with zero attached hydrogens (tertiary/aromatic N) is 2. The van der Waals surface area contributed by atoms with E-state index < -0.39 is 41.9 Å². The molecule has 0 amide bonds. The number of nitro benzene ring substituents is 2. The second kappa shape index (κ2) is 3.95. The van der Waals surface area contributed by atoms with Crippen LogP contribution in [0.3, 0.4) is 0 Å². The topological polar surface area (TPSA) is 167 Å². The van der Waals surface area contributed by atoms with Gasteiger partial charge in [0.15, 0.2) is 4.90 Å². The van der Waals surface area contributed by atoms with E-state index in [2.05, 4.69) is 0 Å². The fraction of sp³-hybridized carbons (Fsp3) is 0. The van der Waals surface area contributed by atoms with Gasteiger partial charge < -0.3 is 5.73 Å². The molecule has 0 unspecified atom stereocenters. The first-order valence-electron chi connectivity index (χ1n) is 3.84. The van der Waals surface area contributed by atoms with Crippen molar-refractivity contribution in [1.29, 1.82) is 0 Å². The Hall–Kier alpha value is -2.27. The van der Waals surface area contributed by atoms with Crippen LogP contribution in [0.15, 0.2) is 17.0 Å². The van der Waals surface area contributed by atoms with E-state index in [1.165, 1.54) is 0 Å². The molecular formula is C6H5N3O7S. The number of rotatable bonds is 3. The van der Waals surface area contributed by atoms with Crippen molar-refractivity contribution in [1.82, 2.24) is 0 Å². The third kappa shape index (κ3) is 2.46. The highest BCUT2D eigenvalue weighted by atomic mass is 32.2. The molecule has 17 heavy (non-hydrogen) atoms. The SMILES string of the molecule is Nc1cc([N+](=O)[O-])cc([N+](=O)[O-])c1S(=O)(=O)O. The van der Waals surface area contributed by atoms with Gasteiger partial charge in [-0.25, -0.2) is 0 Å². The van der Waals surface area contributed by atoms with E-state index in [9.17, 15) is 28.6 Å². The van der Waals surface area contributed by atoms with Gasteiger partial charge in [-0.15, -0.1) is 0 Å². The maximum Gasteiger partial charge on any atom is 0.303 e. The van der Waals surface area contributed by atoms with E-state index in [0.717, 1.165) is 0 Å². The predicted molar refractivity (Wildman–Crippen MR) is 54.0 cm³/mol. The molecule has 1 rings (SSSR count). The third-order valence-electron chi connectivity index (χ3n) is 1.75. The Bertz CT molecular complexity index is 608. The smallest absolute Gasteiger partial charge is 0.303 e. The molecule has 10 nitrogen and oxygen atoms in total. The minimum absolute atomic E-state index is 0.402. The number of nitrogen functional groups attached to an aromatic ring is 1. The molecule has 0 radical (unpaired) electrons. The summed E-state index contributed by atoms with van der Waals surface area (Å²) < 4.78 is 30.5. The second-order valence-electron chi connectivity index (χ2n) is 2.87. The first kappa shape index (κ1) is 12.8. The van der Waals surface area contributed by atoms with Crippen molar-refractivity contribution in [2.75, 3.05) is 5.73 Å². The summed E-state index contributed by atoms with van der Waals surface area (Å²) in [6.45, 7) is 0. The van der Waals surface area contributed by atoms with Crippen LogP contribution in [0.1, 0.15) is 0 Å². The number of anilines is 1. The molecule has 0 aliphatic heterocycles. The van der Waals surface area contributed by atoms with Crippen molar-refractivity contribution < 1.29 is 22.8 Å². The van der Waals surface area contributed by atoms with Crippen LogP contribution in [0.5, 0.6) is 0 Å². The molecule has 3 N–H and O–H groups in total. The van der Waals surface area contributed by atoms with Crippen LogP contribution in [-0.2, 0) is 10.1 Å². The fourth-order valence-corrected chi connectivity index (χ4v) is 1.90. The summed E-state index contributed by atoms with van der Waals surface area (Å²) in [5.74, 6) is 0. The molecule has 0 aliphatic carbocycles. The molecule has 0 saturated heterocycles. The molecule has 0 fully saturated rings. The van der Waals surface area contributed by atoms with E-state index in [4.69, 9.17) is 10.3 Å². The summed E-state index contributed by atoms with van der Waals surface area (Å²) in [6.07, 6.45) is 0. The minimum atomic E-state index is -4.94. The summed E-state index contributed by atoms with van der Waals surface area (Å²) in [5.41, 5.74) is 2.46. The molecule has 0 heterocycles. The molecule has 0 atom stereocenters. The van der Waals surface area contributed by atoms with Gasteiger partial charge in [0.25, 0.3) is 11.4 Å². The Kier molecular flexibility index (Phi) is 2.97. The largest absolute Gasteiger partial charge is 0.397 e. The molecule has 0 aliphatic rings. The lowest BCUT2D eigenvalue weighted by Gasteiger charge is -2.03. The van der Waals surface area contributed by atoms with Gasteiger partial charge in [0.1, 0.15) is 0 Å². The molecule has 11 heteroatoms. The number of nitro groups is 2. The predicted octanol–water partition coefficient (Wildman–Crippen LogP) is 0.332. The van der Waals surface area contributed by atoms with Crippen LogP contribution < -0.4 is 5.73 Å². The summed E-state index contributed by atoms with van der Waals surface area (Å²) in [6, 6.07) is 1.01. The third-order valence-corrected chi connectivity index (χ3v) is 2.71. The first-order chi connectivity index (χ1) is 7.64. The van der Waals surface area contributed by atoms with Gasteiger partial charge in [0, 0.05) is 6.07 Å². The number of hydrogen-bond acceptors (Lipinski definition) is 7. The Morgan fingerprint density at radius 3 is 2.06 bits per heavy atom. The monoisotopic (exact) mass is 263 g/mol. The van der Waals surface area contributed by atoms with Gasteiger partial charge in [-0.05, 0) is 0 Å². The highest BCUT2D eigenvalue weighted by molar-refractivity contribution is 7.86. The Morgan fingerprint density at radius 1 is 1.18 bits per heavy atom. The van der Waals surface area contributed by atoms with Gasteiger partial charge in [0.05, 0.1) is 21.6 Å². The zero-order valence-electron chi connectivity index (χ0n) is 7.93. The normalized spacial score (nSPS) is 11.1. The van der Waals surface area contributed by atoms with E-state index in [-0.39, 0.29) is 0 Å². The fourth-order valence-electron chi connectivity index (χ4n) is 1.14. The van der Waals surface area contributed by atoms with E-state index in [0.29, 0.717) is 12.1 Å². The lowest BCUT2D eigenvalue weighted by atomic mass is 10.2. The molecule has 0 spiro atoms. The average Bonchev–Trinajstić information content (AvgIpc) is 2.13. The highest BCUT2D eigenvalue weighted by Gasteiger charge is 2.30. The van der Waals surface area contributed by atoms with Crippen molar-refractivity contribution >= 4 is 27.2 Å². The molecule has 92 valence electrons. The quantitative estimate of drug-likeness (QED) is 0.340. The zero-order valence-corrected chi connectivity index (χ0v) is 8.75. The summed E-state index contributed by atoms with van der Waals surface area (Å²) in [5, 5.41) is 21.0. The van der Waals surface area contributed by atoms with Crippen molar-refractivity contribution in [3.05, 3.63) is 32.4 Å². The van der Waals surface area contributed by atoms with Gasteiger partial charge >= 0.3 is 10.1 Å². The van der Waals surface area contributed by atoms with Crippen LogP contribution in [0, 0.1) is 20.2 Å². The second-order valence-corrected chi connectivity index (χ2v) is 4.23. The van der Waals surface area contributed by atoms with Gasteiger partial charge in [-0.3, -0.25) is 24.8 Å². The van der Waals surface area contributed by atoms with Crippen LogP contribution in [0.25, 0.3) is 0 Å². The highest BCUT2D eigenvalue weighted by Crippen LogP contribution is 2.33. The van der Waals surface area contributed by atoms with Crippen LogP contribution in [0.2, 0.25) is 0 Å². The number of hydrogen-bond donors (Lipinski definition) is 2. The van der Waals surface area contributed by atoms with Crippen LogP contribution in [-0.4, -0.2) is 22.8 Å². The molecular weight excluding hydrogens is 258 g/mol. The van der Waals surface area contributed by atoms with Gasteiger partial charge in [-0.1, -0.05) is 0 Å². The Balaban J connectivity index is 3.74. The average molecular weight is 263 g/mol. The molecule has 1 aromatic carbocycles. The number of non-ortho nitro benzene ring substituents is 1. The van der Waals surface area contributed by atoms with E-state index in [1.807, 2.05) is 0 Å². The molecule has 0 bridgehead atoms. The van der Waals surface area contributed by atoms with Gasteiger partial charge in [-0.2, -0.15) is 8.42 Å². The molecule has 1 aromatic rings. The van der Waals surface area contributed by atoms with Crippen molar-refractivity contribution in [3.8, 4) is 0 Å². The Morgan fingerprint density at radius 2 is 1.71 bits per heavy atom. The van der Waals surface area contributed by atoms with Crippen molar-refractivity contribution in [3.63, 3.8) is 0 Å². The molecule has 0 saturated carbocycles. The standard InChI is InChI=1S/C6H5N3O7S/c7-4-1-3(8(10)11)2-5(9(12)13)6(4)17(14,15)16/h1-2H,7H2,(H,14,15,16). The lowest BCUT2D eigenvalue weighted by Crippen LogP contribution is -2.08. The Labute approximate surface area is 93.7 Å². The zero-order chi connectivity index (χ0) is 13.4. The number of nitrogens with two attached hydrogens (primary N) is 1. The van der Waals surface area contributed by atoms with Crippen LogP contribution in [0.4, 0.5) is 17.1 Å². The summed E-state index contributed by atoms with van der Waals surface area (Å²) >= 11 is 0. The van der Waals surface area contributed by atoms with E-state index >= 15 is 0 Å². The maximum absolute atomic E-state index is 10.9. The lowest BCUT2D eigenvalue weighted by molar-refractivity contribution is -0.395. The maximum atomic E-state index is 10.9. The summed E-state index contributed by atoms with van der Waals surface area (Å²) in [7, 11) is -4.94. The summed E-state index contributed by atoms with van der Waals surface area (Å²) in [4.78, 5) is 17.6. The van der Waals surface area contributed by atoms with Crippen molar-refractivity contribution in [2.24, 2.45) is 0 Å². The van der Waals surface area contributed by atoms with E-state index in [1.54, 1.807) is 0 Å². The minimum Gasteiger partial charge on any atom is -0.397 e. The first-order valence-corrected chi connectivity index (χ1v) is 5.28. The van der Waals surface area contributed by atoms with Crippen LogP contribution >= 0.6 is 0 Å². The van der Waals surface area contributed by atoms with Gasteiger partial charge in [0.2, 0.25) is 0 Å². The molecule has 0 aromatic heterocycles. The van der Waals surface area contributed by atoms with Crippen molar-refractivity contribution in [2.45, 2.75) is 4.90 Å².